The van der Waals surface area contributed by atoms with Crippen molar-refractivity contribution in [3.63, 3.8) is 0 Å². The summed E-state index contributed by atoms with van der Waals surface area (Å²) in [6, 6.07) is 28.5. The number of hydrogen-bond acceptors (Lipinski definition) is 8. The van der Waals surface area contributed by atoms with Gasteiger partial charge in [0.25, 0.3) is 11.6 Å². The molecule has 7 rings (SSSR count). The van der Waals surface area contributed by atoms with Crippen LogP contribution < -0.4 is 10.2 Å². The van der Waals surface area contributed by atoms with E-state index in [1.807, 2.05) is 54.6 Å². The highest BCUT2D eigenvalue weighted by Crippen LogP contribution is 2.39. The van der Waals surface area contributed by atoms with Crippen LogP contribution in [0, 0.1) is 39.2 Å². The van der Waals surface area contributed by atoms with Crippen molar-refractivity contribution < 1.29 is 46.3 Å². The van der Waals surface area contributed by atoms with Gasteiger partial charge < -0.3 is 24.8 Å². The molecule has 10 nitrogen and oxygen atoms in total. The zero-order chi connectivity index (χ0) is 40.2. The van der Waals surface area contributed by atoms with Gasteiger partial charge >= 0.3 is 0 Å². The van der Waals surface area contributed by atoms with Crippen LogP contribution in [0.3, 0.4) is 0 Å². The molecule has 0 spiro atoms. The largest absolute Gasteiger partial charge is 0.392 e. The normalized spacial score (nSPS) is 18.7. The Kier molecular flexibility index (Phi) is 11.9. The van der Waals surface area contributed by atoms with Crippen LogP contribution in [0.5, 0.6) is 0 Å². The first kappa shape index (κ1) is 39.5. The van der Waals surface area contributed by atoms with Gasteiger partial charge in [0.1, 0.15) is 5.56 Å². The molecule has 15 heteroatoms. The lowest BCUT2D eigenvalue weighted by molar-refractivity contribution is -0.384. The first-order chi connectivity index (χ1) is 27.5. The quantitative estimate of drug-likeness (QED) is 0.0459. The van der Waals surface area contributed by atoms with Gasteiger partial charge in [0.2, 0.25) is 5.82 Å². The van der Waals surface area contributed by atoms with Gasteiger partial charge in [-0.2, -0.15) is 0 Å². The smallest absolute Gasteiger partial charge is 0.269 e. The second-order valence-electron chi connectivity index (χ2n) is 13.9. The zero-order valence-electron chi connectivity index (χ0n) is 30.3. The van der Waals surface area contributed by atoms with Gasteiger partial charge in [0, 0.05) is 69.1 Å². The van der Waals surface area contributed by atoms with E-state index in [0.29, 0.717) is 24.1 Å². The van der Waals surface area contributed by atoms with Crippen molar-refractivity contribution in [1.29, 1.82) is 0 Å². The van der Waals surface area contributed by atoms with Gasteiger partial charge in [-0.3, -0.25) is 19.8 Å². The van der Waals surface area contributed by atoms with Gasteiger partial charge in [0.05, 0.1) is 23.7 Å². The SMILES string of the molecule is O=C(NCc1cccc(-c2cccc([C@H]3O[C@@H](CN4CCN(c5ccc([N+](=O)[O-])cc5)CC4)C[C@@H](c4ccc(CO)cc4)O3)c2)c1)c1c(F)c(F)c(F)c(F)c1F. The number of piperazine rings is 1. The molecule has 3 atom stereocenters. The van der Waals surface area contributed by atoms with Crippen molar-refractivity contribution in [2.24, 2.45) is 0 Å². The molecule has 0 aromatic heterocycles. The molecular weight excluding hydrogens is 751 g/mol. The summed E-state index contributed by atoms with van der Waals surface area (Å²) >= 11 is 0. The molecule has 296 valence electrons. The number of amides is 1. The van der Waals surface area contributed by atoms with Crippen LogP contribution in [0.15, 0.2) is 97.1 Å². The minimum absolute atomic E-state index is 0.0465. The number of non-ortho nitro benzene ring substituents is 1. The Morgan fingerprint density at radius 1 is 0.754 bits per heavy atom. The van der Waals surface area contributed by atoms with E-state index in [4.69, 9.17) is 9.47 Å². The number of nitro groups is 1. The minimum Gasteiger partial charge on any atom is -0.392 e. The van der Waals surface area contributed by atoms with Crippen molar-refractivity contribution in [3.8, 4) is 11.1 Å². The molecule has 2 aliphatic rings. The average molecular weight is 789 g/mol. The first-order valence-corrected chi connectivity index (χ1v) is 18.2. The Hall–Kier alpha value is -5.74. The standard InChI is InChI=1S/C42H37F5N4O6/c43-36-35(37(44)39(46)40(47)38(36)45)41(53)48-22-26-3-1-4-28(19-26)29-5-2-6-30(20-29)42-56-33(21-34(57-42)27-9-7-25(24-52)8-10-27)23-49-15-17-50(18-16-49)31-11-13-32(14-12-31)51(54)55/h1-14,19-20,33-34,42,52H,15-18,21-24H2,(H,48,53)/t33-,34+,42+/m1/s1. The van der Waals surface area contributed by atoms with E-state index >= 15 is 0 Å². The zero-order valence-corrected chi connectivity index (χ0v) is 30.3. The highest BCUT2D eigenvalue weighted by molar-refractivity contribution is 5.94. The van der Waals surface area contributed by atoms with Crippen molar-refractivity contribution in [2.75, 3.05) is 37.6 Å². The lowest BCUT2D eigenvalue weighted by Crippen LogP contribution is -2.49. The molecule has 2 saturated heterocycles. The van der Waals surface area contributed by atoms with E-state index in [-0.39, 0.29) is 31.0 Å². The Morgan fingerprint density at radius 3 is 2.04 bits per heavy atom. The number of anilines is 1. The molecule has 5 aromatic carbocycles. The summed E-state index contributed by atoms with van der Waals surface area (Å²) in [7, 11) is 0. The minimum atomic E-state index is -2.35. The fourth-order valence-corrected chi connectivity index (χ4v) is 7.10. The Labute approximate surface area is 324 Å². The van der Waals surface area contributed by atoms with E-state index in [9.17, 15) is 42.0 Å². The molecule has 0 unspecified atom stereocenters. The first-order valence-electron chi connectivity index (χ1n) is 18.2. The fourth-order valence-electron chi connectivity index (χ4n) is 7.10. The summed E-state index contributed by atoms with van der Waals surface area (Å²) in [5.74, 6) is -12.6. The maximum absolute atomic E-state index is 14.2. The summed E-state index contributed by atoms with van der Waals surface area (Å²) < 4.78 is 82.5. The number of nitrogens with zero attached hydrogens (tertiary/aromatic N) is 3. The average Bonchev–Trinajstić information content (AvgIpc) is 3.24. The molecule has 0 bridgehead atoms. The Morgan fingerprint density at radius 2 is 1.39 bits per heavy atom. The number of benzene rings is 5. The van der Waals surface area contributed by atoms with E-state index in [2.05, 4.69) is 15.1 Å². The molecule has 0 aliphatic carbocycles. The number of halogens is 5. The number of nitrogens with one attached hydrogen (secondary N) is 1. The Bertz CT molecular complexity index is 2220. The topological polar surface area (TPSA) is 117 Å². The van der Waals surface area contributed by atoms with E-state index < -0.39 is 51.8 Å². The van der Waals surface area contributed by atoms with E-state index in [1.54, 1.807) is 30.3 Å². The van der Waals surface area contributed by atoms with E-state index in [1.165, 1.54) is 12.1 Å². The van der Waals surface area contributed by atoms with Crippen molar-refractivity contribution in [2.45, 2.75) is 38.1 Å². The fraction of sp³-hybridized carbons (Fsp3) is 0.262. The summed E-state index contributed by atoms with van der Waals surface area (Å²) in [6.07, 6.45) is -0.714. The molecule has 1 amide bonds. The van der Waals surface area contributed by atoms with Gasteiger partial charge in [-0.25, -0.2) is 22.0 Å². The highest BCUT2D eigenvalue weighted by atomic mass is 19.2. The number of hydrogen-bond donors (Lipinski definition) is 2. The number of carbonyl (C=O) groups is 1. The van der Waals surface area contributed by atoms with Crippen LogP contribution in [-0.2, 0) is 22.6 Å². The van der Waals surface area contributed by atoms with Crippen molar-refractivity contribution >= 4 is 17.3 Å². The predicted molar refractivity (Wildman–Crippen MR) is 199 cm³/mol. The molecule has 0 radical (unpaired) electrons. The number of aliphatic hydroxyl groups excluding tert-OH is 1. The molecule has 57 heavy (non-hydrogen) atoms. The number of carbonyl (C=O) groups excluding carboxylic acids is 1. The van der Waals surface area contributed by atoms with Gasteiger partial charge in [0.15, 0.2) is 29.6 Å². The molecule has 2 fully saturated rings. The number of rotatable bonds is 11. The van der Waals surface area contributed by atoms with E-state index in [0.717, 1.165) is 54.1 Å². The molecule has 2 heterocycles. The summed E-state index contributed by atoms with van der Waals surface area (Å²) in [5, 5.41) is 22.9. The maximum Gasteiger partial charge on any atom is 0.269 e. The maximum atomic E-state index is 14.2. The molecule has 0 saturated carbocycles. The third kappa shape index (κ3) is 8.81. The molecular formula is C42H37F5N4O6. The van der Waals surface area contributed by atoms with Gasteiger partial charge in [-0.15, -0.1) is 0 Å². The van der Waals surface area contributed by atoms with Gasteiger partial charge in [-0.05, 0) is 52.1 Å². The lowest BCUT2D eigenvalue weighted by atomic mass is 9.98. The number of aliphatic hydroxyl groups is 1. The summed E-state index contributed by atoms with van der Waals surface area (Å²) in [4.78, 5) is 27.8. The predicted octanol–water partition coefficient (Wildman–Crippen LogP) is 7.75. The van der Waals surface area contributed by atoms with Crippen LogP contribution in [0.1, 0.15) is 51.4 Å². The van der Waals surface area contributed by atoms with Gasteiger partial charge in [-0.1, -0.05) is 60.7 Å². The summed E-state index contributed by atoms with van der Waals surface area (Å²) in [6.45, 7) is 3.27. The van der Waals surface area contributed by atoms with Crippen molar-refractivity contribution in [3.05, 3.63) is 164 Å². The lowest BCUT2D eigenvalue weighted by Gasteiger charge is -2.41. The van der Waals surface area contributed by atoms with Crippen LogP contribution in [0.4, 0.5) is 33.3 Å². The molecule has 2 aliphatic heterocycles. The molecule has 5 aromatic rings. The number of nitro benzene ring substituents is 1. The third-order valence-electron chi connectivity index (χ3n) is 10.2. The monoisotopic (exact) mass is 788 g/mol. The molecule has 2 N–H and O–H groups in total. The highest BCUT2D eigenvalue weighted by Gasteiger charge is 2.34. The second kappa shape index (κ2) is 17.2. The van der Waals surface area contributed by atoms with Crippen molar-refractivity contribution in [1.82, 2.24) is 10.2 Å². The third-order valence-corrected chi connectivity index (χ3v) is 10.2. The van der Waals surface area contributed by atoms with Crippen LogP contribution in [0.25, 0.3) is 11.1 Å². The Balaban J connectivity index is 1.05. The number of ether oxygens (including phenoxy) is 2. The van der Waals surface area contributed by atoms with Crippen LogP contribution in [-0.4, -0.2) is 59.7 Å². The summed E-state index contributed by atoms with van der Waals surface area (Å²) in [5.41, 5.74) is 3.84. The second-order valence-corrected chi connectivity index (χ2v) is 13.9. The van der Waals surface area contributed by atoms with Crippen LogP contribution >= 0.6 is 0 Å². The van der Waals surface area contributed by atoms with Crippen LogP contribution in [0.2, 0.25) is 0 Å².